The second-order valence-electron chi connectivity index (χ2n) is 17.0. The molecule has 0 aliphatic carbocycles. The molecule has 14 aromatic rings. The molecule has 4 N–H and O–H groups in total. The van der Waals surface area contributed by atoms with Crippen LogP contribution >= 0.6 is 11.8 Å². The molecule has 2 aliphatic heterocycles. The molecule has 0 saturated heterocycles. The van der Waals surface area contributed by atoms with Crippen molar-refractivity contribution in [3.05, 3.63) is 267 Å². The van der Waals surface area contributed by atoms with Crippen LogP contribution in [0.2, 0.25) is 0 Å². The van der Waals surface area contributed by atoms with E-state index in [1.165, 1.54) is 42.8 Å². The molecule has 74 heavy (non-hydrogen) atoms. The highest BCUT2D eigenvalue weighted by molar-refractivity contribution is 7.99. The van der Waals surface area contributed by atoms with Crippen LogP contribution in [0.3, 0.4) is 0 Å². The molecule has 0 atom stereocenters. The summed E-state index contributed by atoms with van der Waals surface area (Å²) in [6, 6.07) is 85.3. The third kappa shape index (κ3) is 11.2. The fourth-order valence-corrected chi connectivity index (χ4v) is 9.31. The molecule has 2 aliphatic rings. The Hall–Kier alpha value is -9.77. The number of fused-ring (bicyclic) bond motifs is 10. The van der Waals surface area contributed by atoms with Crippen LogP contribution in [-0.4, -0.2) is 30.1 Å². The number of hydrogen-bond donors (Lipinski definition) is 4. The van der Waals surface area contributed by atoms with E-state index in [2.05, 4.69) is 126 Å². The van der Waals surface area contributed by atoms with Gasteiger partial charge in [0.15, 0.2) is 11.5 Å². The summed E-state index contributed by atoms with van der Waals surface area (Å²) in [6.07, 6.45) is 3.76. The molecule has 0 spiro atoms. The van der Waals surface area contributed by atoms with Crippen molar-refractivity contribution in [2.75, 3.05) is 10.6 Å². The van der Waals surface area contributed by atoms with Crippen LogP contribution in [0.15, 0.2) is 277 Å². The van der Waals surface area contributed by atoms with E-state index in [0.717, 1.165) is 66.9 Å². The third-order valence-electron chi connectivity index (χ3n) is 12.0. The Morgan fingerprint density at radius 1 is 0.324 bits per heavy atom. The molecule has 4 aromatic heterocycles. The highest BCUT2D eigenvalue weighted by Gasteiger charge is 2.15. The maximum absolute atomic E-state index is 5.71. The molecule has 16 rings (SSSR count). The van der Waals surface area contributed by atoms with Crippen molar-refractivity contribution < 1.29 is 4.74 Å². The van der Waals surface area contributed by atoms with E-state index in [0.29, 0.717) is 0 Å². The Kier molecular flexibility index (Phi) is 14.2. The first-order valence-electron chi connectivity index (χ1n) is 24.2. The van der Waals surface area contributed by atoms with E-state index in [9.17, 15) is 0 Å². The molecule has 0 fully saturated rings. The second kappa shape index (κ2) is 22.5. The number of aromatic amines is 2. The third-order valence-corrected chi connectivity index (χ3v) is 13.2. The van der Waals surface area contributed by atoms with Crippen molar-refractivity contribution >= 4 is 100 Å². The lowest BCUT2D eigenvalue weighted by molar-refractivity contribution is 0.481. The number of rotatable bonds is 0. The number of benzene rings is 10. The average Bonchev–Trinajstić information content (AvgIpc) is 4.17. The highest BCUT2D eigenvalue weighted by atomic mass is 32.2. The molecular weight excluding hydrogens is 929 g/mol. The van der Waals surface area contributed by atoms with Crippen LogP contribution in [0, 0.1) is 0 Å². The summed E-state index contributed by atoms with van der Waals surface area (Å²) in [5.41, 5.74) is 12.7. The highest BCUT2D eigenvalue weighted by Crippen LogP contribution is 2.44. The van der Waals surface area contributed by atoms with Gasteiger partial charge in [-0.15, -0.1) is 0 Å². The predicted octanol–water partition coefficient (Wildman–Crippen LogP) is 17.3. The van der Waals surface area contributed by atoms with E-state index in [-0.39, 0.29) is 0 Å². The Balaban J connectivity index is 0.0000000962. The summed E-state index contributed by atoms with van der Waals surface area (Å²) in [5.74, 6) is 1.76. The zero-order chi connectivity index (χ0) is 49.7. The molecule has 0 bridgehead atoms. The molecule has 0 radical (unpaired) electrons. The van der Waals surface area contributed by atoms with Crippen LogP contribution in [0.25, 0.3) is 65.7 Å². The summed E-state index contributed by atoms with van der Waals surface area (Å²) in [5, 5.41) is 18.3. The first-order chi connectivity index (χ1) is 36.7. The lowest BCUT2D eigenvalue weighted by atomic mass is 10.1. The number of nitrogens with zero attached hydrogens (tertiary/aromatic N) is 4. The lowest BCUT2D eigenvalue weighted by Gasteiger charge is -2.20. The number of anilines is 4. The molecule has 9 nitrogen and oxygen atoms in total. The fraction of sp³-hybridized carbons (Fsp3) is 0. The molecule has 0 saturated carbocycles. The average molecular weight is 977 g/mol. The van der Waals surface area contributed by atoms with Gasteiger partial charge in [0.2, 0.25) is 0 Å². The van der Waals surface area contributed by atoms with Gasteiger partial charge in [0.25, 0.3) is 0 Å². The van der Waals surface area contributed by atoms with Gasteiger partial charge in [-0.25, -0.2) is 15.0 Å². The Morgan fingerprint density at radius 2 is 0.716 bits per heavy atom. The van der Waals surface area contributed by atoms with Gasteiger partial charge in [0, 0.05) is 37.7 Å². The standard InChI is InChI=1S/C13H9N.C12H8N2.C12H9NO.C12H9NS.C8H7N.C7H6N2/c1-3-7-12-10(5-1)9-11-6-2-4-8-13(11)14-12;1-2-6-10-9(5-1)13-11-7-3-4-8-12(11)14-10;2*1-3-7-11-9(5-1)13-10-6-2-4-8-12(10)14-11;1-2-4-8-7(3-1)5-6-9-8;1-2-4-7-6(3-1)5-8-9-7/h1-9H;1-8H;2*1-8,13H;1-6,9H;1-5H,(H,8,9). The van der Waals surface area contributed by atoms with Gasteiger partial charge in [-0.2, -0.15) is 5.10 Å². The minimum absolute atomic E-state index is 0.881. The van der Waals surface area contributed by atoms with Crippen LogP contribution in [0.4, 0.5) is 22.7 Å². The fourth-order valence-electron chi connectivity index (χ4n) is 8.33. The predicted molar refractivity (Wildman–Crippen MR) is 307 cm³/mol. The monoisotopic (exact) mass is 976 g/mol. The van der Waals surface area contributed by atoms with Crippen LogP contribution in [0.1, 0.15) is 0 Å². The first-order valence-corrected chi connectivity index (χ1v) is 25.0. The first kappa shape index (κ1) is 46.6. The summed E-state index contributed by atoms with van der Waals surface area (Å²) in [6.45, 7) is 0. The van der Waals surface area contributed by atoms with Crippen LogP contribution in [-0.2, 0) is 0 Å². The number of aromatic nitrogens is 6. The second-order valence-corrected chi connectivity index (χ2v) is 18.1. The quantitative estimate of drug-likeness (QED) is 0.111. The molecular formula is C64H48N8OS. The van der Waals surface area contributed by atoms with Crippen molar-refractivity contribution in [2.45, 2.75) is 9.79 Å². The Bertz CT molecular complexity index is 3440. The minimum atomic E-state index is 0.881. The number of ether oxygens (including phenoxy) is 1. The lowest BCUT2D eigenvalue weighted by Crippen LogP contribution is -2.01. The number of hydrogen-bond acceptors (Lipinski definition) is 8. The summed E-state index contributed by atoms with van der Waals surface area (Å²) in [4.78, 5) is 19.3. The molecule has 10 aromatic carbocycles. The normalized spacial score (nSPS) is 11.2. The van der Waals surface area contributed by atoms with Crippen molar-refractivity contribution in [3.63, 3.8) is 0 Å². The van der Waals surface area contributed by atoms with Gasteiger partial charge >= 0.3 is 0 Å². The van der Waals surface area contributed by atoms with E-state index in [4.69, 9.17) is 4.74 Å². The van der Waals surface area contributed by atoms with Gasteiger partial charge in [0.05, 0.1) is 67.6 Å². The van der Waals surface area contributed by atoms with E-state index >= 15 is 0 Å². The minimum Gasteiger partial charge on any atom is -0.453 e. The van der Waals surface area contributed by atoms with E-state index < -0.39 is 0 Å². The molecule has 0 unspecified atom stereocenters. The Morgan fingerprint density at radius 3 is 1.24 bits per heavy atom. The largest absolute Gasteiger partial charge is 0.453 e. The molecule has 356 valence electrons. The van der Waals surface area contributed by atoms with Gasteiger partial charge in [-0.05, 0) is 115 Å². The van der Waals surface area contributed by atoms with Gasteiger partial charge in [-0.1, -0.05) is 157 Å². The summed E-state index contributed by atoms with van der Waals surface area (Å²) in [7, 11) is 0. The zero-order valence-corrected chi connectivity index (χ0v) is 40.8. The van der Waals surface area contributed by atoms with Crippen molar-refractivity contribution in [2.24, 2.45) is 0 Å². The SMILES string of the molecule is c1ccc2[nH]ccc2c1.c1ccc2[nH]ncc2c1.c1ccc2c(c1)Nc1ccccc1O2.c1ccc2c(c1)Nc1ccccc1S2.c1ccc2nc3ccccc3cc2c1.c1ccc2nc3ccccc3nc2c1. The molecule has 6 heterocycles. The molecule has 10 heteroatoms. The van der Waals surface area contributed by atoms with Gasteiger partial charge in [0.1, 0.15) is 0 Å². The summed E-state index contributed by atoms with van der Waals surface area (Å²) < 4.78 is 5.71. The zero-order valence-electron chi connectivity index (χ0n) is 40.0. The van der Waals surface area contributed by atoms with Gasteiger partial charge < -0.3 is 20.4 Å². The number of H-pyrrole nitrogens is 2. The molecule has 0 amide bonds. The number of pyridine rings is 1. The summed E-state index contributed by atoms with van der Waals surface area (Å²) >= 11 is 1.82. The van der Waals surface area contributed by atoms with Crippen molar-refractivity contribution in [3.8, 4) is 11.5 Å². The van der Waals surface area contributed by atoms with E-state index in [1.54, 1.807) is 0 Å². The number of para-hydroxylation sites is 14. The maximum Gasteiger partial charge on any atom is 0.150 e. The van der Waals surface area contributed by atoms with Crippen LogP contribution < -0.4 is 15.4 Å². The van der Waals surface area contributed by atoms with Gasteiger partial charge in [-0.3, -0.25) is 5.10 Å². The smallest absolute Gasteiger partial charge is 0.150 e. The Labute approximate surface area is 432 Å². The topological polar surface area (TPSA) is 116 Å². The van der Waals surface area contributed by atoms with Crippen molar-refractivity contribution in [1.29, 1.82) is 0 Å². The maximum atomic E-state index is 5.71. The van der Waals surface area contributed by atoms with Crippen LogP contribution in [0.5, 0.6) is 11.5 Å². The van der Waals surface area contributed by atoms with Crippen molar-refractivity contribution in [1.82, 2.24) is 30.1 Å². The number of nitrogens with one attached hydrogen (secondary N) is 4. The van der Waals surface area contributed by atoms with E-state index in [1.807, 2.05) is 194 Å².